The summed E-state index contributed by atoms with van der Waals surface area (Å²) in [4.78, 5) is 6.70. The molecule has 134 valence electrons. The highest BCUT2D eigenvalue weighted by molar-refractivity contribution is 7.89. The van der Waals surface area contributed by atoms with E-state index in [0.29, 0.717) is 12.1 Å². The predicted molar refractivity (Wildman–Crippen MR) is 101 cm³/mol. The monoisotopic (exact) mass is 392 g/mol. The van der Waals surface area contributed by atoms with Crippen molar-refractivity contribution in [2.45, 2.75) is 4.90 Å². The van der Waals surface area contributed by atoms with E-state index < -0.39 is 10.0 Å². The molecular weight excluding hydrogens is 371 g/mol. The average molecular weight is 393 g/mol. The van der Waals surface area contributed by atoms with Gasteiger partial charge in [-0.25, -0.2) is 13.1 Å². The van der Waals surface area contributed by atoms with Crippen LogP contribution >= 0.6 is 24.8 Å². The van der Waals surface area contributed by atoms with Gasteiger partial charge in [-0.3, -0.25) is 9.88 Å². The Bertz CT molecular complexity index is 747. The van der Waals surface area contributed by atoms with Crippen LogP contribution in [-0.2, 0) is 10.0 Å². The van der Waals surface area contributed by atoms with Crippen molar-refractivity contribution >= 4 is 45.7 Å². The number of hydrogen-bond acceptors (Lipinski definition) is 5. The van der Waals surface area contributed by atoms with E-state index in [2.05, 4.69) is 19.9 Å². The number of nitrogens with one attached hydrogen (secondary N) is 2. The number of halogens is 2. The Morgan fingerprint density at radius 2 is 1.83 bits per heavy atom. The lowest BCUT2D eigenvalue weighted by molar-refractivity contribution is 0.245. The quantitative estimate of drug-likeness (QED) is 0.800. The van der Waals surface area contributed by atoms with E-state index in [4.69, 9.17) is 0 Å². The van der Waals surface area contributed by atoms with Crippen molar-refractivity contribution in [3.63, 3.8) is 0 Å². The number of pyridine rings is 1. The molecule has 0 amide bonds. The maximum atomic E-state index is 12.5. The standard InChI is InChI=1S/C15H20N4O2S.2ClH/c20-22(21,18-9-12-19-10-7-16-8-11-19)14-5-1-3-13-4-2-6-17-15(13)14;;/h1-6,16,18H,7-12H2;2*1H. The van der Waals surface area contributed by atoms with E-state index in [0.717, 1.165) is 38.1 Å². The van der Waals surface area contributed by atoms with Crippen molar-refractivity contribution < 1.29 is 8.42 Å². The predicted octanol–water partition coefficient (Wildman–Crippen LogP) is 1.26. The van der Waals surface area contributed by atoms with Crippen LogP contribution in [0.3, 0.4) is 0 Å². The molecule has 1 aromatic carbocycles. The minimum Gasteiger partial charge on any atom is -0.314 e. The Balaban J connectivity index is 0.00000144. The number of benzene rings is 1. The van der Waals surface area contributed by atoms with Crippen LogP contribution in [-0.4, -0.2) is 57.6 Å². The van der Waals surface area contributed by atoms with Crippen molar-refractivity contribution in [3.05, 3.63) is 36.5 Å². The number of fused-ring (bicyclic) bond motifs is 1. The Labute approximate surface area is 154 Å². The Kier molecular flexibility index (Phi) is 8.35. The van der Waals surface area contributed by atoms with Crippen molar-refractivity contribution in [1.82, 2.24) is 19.9 Å². The number of sulfonamides is 1. The number of rotatable bonds is 5. The van der Waals surface area contributed by atoms with Gasteiger partial charge in [0.1, 0.15) is 4.90 Å². The molecule has 0 saturated carbocycles. The summed E-state index contributed by atoms with van der Waals surface area (Å²) in [5, 5.41) is 4.11. The fourth-order valence-electron chi connectivity index (χ4n) is 2.64. The summed E-state index contributed by atoms with van der Waals surface area (Å²) in [6.45, 7) is 4.96. The molecule has 1 saturated heterocycles. The van der Waals surface area contributed by atoms with E-state index in [9.17, 15) is 8.42 Å². The van der Waals surface area contributed by atoms with E-state index in [1.54, 1.807) is 24.4 Å². The zero-order valence-corrected chi connectivity index (χ0v) is 15.6. The molecule has 0 radical (unpaired) electrons. The molecule has 1 aliphatic heterocycles. The van der Waals surface area contributed by atoms with Gasteiger partial charge in [-0.1, -0.05) is 18.2 Å². The number of piperazine rings is 1. The molecule has 0 aliphatic carbocycles. The third-order valence-corrected chi connectivity index (χ3v) is 5.31. The lowest BCUT2D eigenvalue weighted by Crippen LogP contribution is -2.46. The second-order valence-corrected chi connectivity index (χ2v) is 7.06. The Morgan fingerprint density at radius 1 is 1.12 bits per heavy atom. The van der Waals surface area contributed by atoms with Crippen LogP contribution in [0, 0.1) is 0 Å². The van der Waals surface area contributed by atoms with Gasteiger partial charge in [0.15, 0.2) is 0 Å². The second-order valence-electron chi connectivity index (χ2n) is 5.32. The SMILES string of the molecule is Cl.Cl.O=S(=O)(NCCN1CCNCC1)c1cccc2cccnc12. The zero-order valence-electron chi connectivity index (χ0n) is 13.1. The maximum absolute atomic E-state index is 12.5. The van der Waals surface area contributed by atoms with Crippen LogP contribution in [0.2, 0.25) is 0 Å². The van der Waals surface area contributed by atoms with Crippen LogP contribution in [0.15, 0.2) is 41.4 Å². The van der Waals surface area contributed by atoms with E-state index in [1.807, 2.05) is 12.1 Å². The summed E-state index contributed by atoms with van der Waals surface area (Å²) in [5.41, 5.74) is 0.514. The fourth-order valence-corrected chi connectivity index (χ4v) is 3.84. The molecule has 3 rings (SSSR count). The Morgan fingerprint density at radius 3 is 2.58 bits per heavy atom. The molecule has 0 atom stereocenters. The number of aromatic nitrogens is 1. The van der Waals surface area contributed by atoms with Crippen LogP contribution in [0.5, 0.6) is 0 Å². The van der Waals surface area contributed by atoms with Gasteiger partial charge in [-0.15, -0.1) is 24.8 Å². The van der Waals surface area contributed by atoms with E-state index >= 15 is 0 Å². The van der Waals surface area contributed by atoms with Crippen LogP contribution < -0.4 is 10.0 Å². The first-order chi connectivity index (χ1) is 10.7. The van der Waals surface area contributed by atoms with Gasteiger partial charge in [-0.05, 0) is 12.1 Å². The Hall–Kier alpha value is -0.960. The molecule has 24 heavy (non-hydrogen) atoms. The molecule has 0 bridgehead atoms. The van der Waals surface area contributed by atoms with Crippen LogP contribution in [0.1, 0.15) is 0 Å². The molecule has 0 unspecified atom stereocenters. The molecular formula is C15H22Cl2N4O2S. The molecule has 2 aromatic rings. The van der Waals surface area contributed by atoms with Crippen LogP contribution in [0.25, 0.3) is 10.9 Å². The van der Waals surface area contributed by atoms with Gasteiger partial charge in [0.05, 0.1) is 5.52 Å². The van der Waals surface area contributed by atoms with Gasteiger partial charge in [0, 0.05) is 50.9 Å². The molecule has 1 aromatic heterocycles. The van der Waals surface area contributed by atoms with Gasteiger partial charge >= 0.3 is 0 Å². The summed E-state index contributed by atoms with van der Waals surface area (Å²) in [6, 6.07) is 8.87. The highest BCUT2D eigenvalue weighted by Crippen LogP contribution is 2.20. The summed E-state index contributed by atoms with van der Waals surface area (Å²) in [6.07, 6.45) is 1.61. The van der Waals surface area contributed by atoms with Crippen molar-refractivity contribution in [2.24, 2.45) is 0 Å². The van der Waals surface area contributed by atoms with Gasteiger partial charge in [0.2, 0.25) is 10.0 Å². The largest absolute Gasteiger partial charge is 0.314 e. The lowest BCUT2D eigenvalue weighted by atomic mass is 10.2. The van der Waals surface area contributed by atoms with Crippen molar-refractivity contribution in [2.75, 3.05) is 39.3 Å². The van der Waals surface area contributed by atoms with Gasteiger partial charge in [0.25, 0.3) is 0 Å². The lowest BCUT2D eigenvalue weighted by Gasteiger charge is -2.27. The molecule has 9 heteroatoms. The van der Waals surface area contributed by atoms with E-state index in [-0.39, 0.29) is 29.7 Å². The summed E-state index contributed by atoms with van der Waals surface area (Å²) in [5.74, 6) is 0. The second kappa shape index (κ2) is 9.50. The average Bonchev–Trinajstić information content (AvgIpc) is 2.55. The third-order valence-electron chi connectivity index (χ3n) is 3.81. The fraction of sp³-hybridized carbons (Fsp3) is 0.400. The van der Waals surface area contributed by atoms with Gasteiger partial charge in [-0.2, -0.15) is 0 Å². The molecule has 2 N–H and O–H groups in total. The minimum absolute atomic E-state index is 0. The summed E-state index contributed by atoms with van der Waals surface area (Å²) in [7, 11) is -3.54. The highest BCUT2D eigenvalue weighted by Gasteiger charge is 2.18. The number of nitrogens with zero attached hydrogens (tertiary/aromatic N) is 2. The first-order valence-electron chi connectivity index (χ1n) is 7.43. The molecule has 2 heterocycles. The first-order valence-corrected chi connectivity index (χ1v) is 8.92. The molecule has 6 nitrogen and oxygen atoms in total. The number of para-hydroxylation sites is 1. The molecule has 0 spiro atoms. The smallest absolute Gasteiger partial charge is 0.242 e. The maximum Gasteiger partial charge on any atom is 0.242 e. The van der Waals surface area contributed by atoms with Crippen molar-refractivity contribution in [3.8, 4) is 0 Å². The third kappa shape index (κ3) is 5.02. The summed E-state index contributed by atoms with van der Waals surface area (Å²) >= 11 is 0. The molecule has 1 fully saturated rings. The van der Waals surface area contributed by atoms with Gasteiger partial charge < -0.3 is 5.32 Å². The summed E-state index contributed by atoms with van der Waals surface area (Å²) < 4.78 is 27.7. The highest BCUT2D eigenvalue weighted by atomic mass is 35.5. The minimum atomic E-state index is -3.54. The molecule has 1 aliphatic rings. The number of hydrogen-bond donors (Lipinski definition) is 2. The van der Waals surface area contributed by atoms with E-state index in [1.165, 1.54) is 0 Å². The topological polar surface area (TPSA) is 74.3 Å². The van der Waals surface area contributed by atoms with Crippen LogP contribution in [0.4, 0.5) is 0 Å². The zero-order chi connectivity index (χ0) is 15.4. The normalized spacial score (nSPS) is 15.5. The van der Waals surface area contributed by atoms with Crippen molar-refractivity contribution in [1.29, 1.82) is 0 Å². The first kappa shape index (κ1) is 21.1.